The molecule has 1 amide bonds. The lowest BCUT2D eigenvalue weighted by molar-refractivity contribution is -0.140. The maximum absolute atomic E-state index is 11.9. The molecule has 0 spiro atoms. The van der Waals surface area contributed by atoms with E-state index < -0.39 is 31.2 Å². The van der Waals surface area contributed by atoms with Crippen molar-refractivity contribution >= 4 is 35.4 Å². The molecule has 0 unspecified atom stereocenters. The van der Waals surface area contributed by atoms with Gasteiger partial charge in [0.05, 0.1) is 10.1 Å². The zero-order valence-corrected chi connectivity index (χ0v) is 13.5. The van der Waals surface area contributed by atoms with Gasteiger partial charge in [0.15, 0.2) is 6.61 Å². The minimum atomic E-state index is -4.49. The van der Waals surface area contributed by atoms with Crippen molar-refractivity contribution in [3.63, 3.8) is 0 Å². The van der Waals surface area contributed by atoms with Crippen LogP contribution in [0.2, 0.25) is 0 Å². The van der Waals surface area contributed by atoms with Gasteiger partial charge in [-0.05, 0) is 17.7 Å². The number of halogens is 3. The topological polar surface area (TPSA) is 55.4 Å². The van der Waals surface area contributed by atoms with E-state index in [-0.39, 0.29) is 5.56 Å². The summed E-state index contributed by atoms with van der Waals surface area (Å²) >= 11 is 3.67. The van der Waals surface area contributed by atoms with Gasteiger partial charge in [-0.1, -0.05) is 12.1 Å². The number of hydrogen-bond donors (Lipinski definition) is 1. The third-order valence-corrected chi connectivity index (χ3v) is 5.97. The highest BCUT2D eigenvalue weighted by molar-refractivity contribution is 8.19. The van der Waals surface area contributed by atoms with Crippen LogP contribution in [0.3, 0.4) is 0 Å². The lowest BCUT2D eigenvalue weighted by atomic mass is 10.1. The highest BCUT2D eigenvalue weighted by Gasteiger charge is 2.27. The van der Waals surface area contributed by atoms with Crippen molar-refractivity contribution in [2.45, 2.75) is 10.8 Å². The molecule has 2 rings (SSSR count). The van der Waals surface area contributed by atoms with Crippen LogP contribution in [0.5, 0.6) is 0 Å². The largest absolute Gasteiger partial charge is 0.452 e. The van der Waals surface area contributed by atoms with E-state index in [0.29, 0.717) is 4.58 Å². The molecule has 0 saturated carbocycles. The van der Waals surface area contributed by atoms with Crippen molar-refractivity contribution in [3.8, 4) is 0 Å². The first-order valence-corrected chi connectivity index (χ1v) is 8.78. The summed E-state index contributed by atoms with van der Waals surface area (Å²) in [4.78, 5) is 22.9. The molecule has 1 fully saturated rings. The smallest absolute Gasteiger partial charge is 0.405 e. The normalized spacial score (nSPS) is 15.4. The van der Waals surface area contributed by atoms with Gasteiger partial charge in [0.1, 0.15) is 6.54 Å². The maximum Gasteiger partial charge on any atom is 0.405 e. The highest BCUT2D eigenvalue weighted by Crippen LogP contribution is 2.45. The van der Waals surface area contributed by atoms with E-state index in [9.17, 15) is 22.8 Å². The summed E-state index contributed by atoms with van der Waals surface area (Å²) in [5.74, 6) is 0.440. The molecule has 1 aromatic carbocycles. The molecule has 0 aliphatic carbocycles. The summed E-state index contributed by atoms with van der Waals surface area (Å²) in [7, 11) is 0. The van der Waals surface area contributed by atoms with E-state index in [0.717, 1.165) is 17.1 Å². The number of benzene rings is 1. The Bertz CT molecular complexity index is 557. The fraction of sp³-hybridized carbons (Fsp3) is 0.429. The van der Waals surface area contributed by atoms with Crippen molar-refractivity contribution in [1.29, 1.82) is 0 Å². The zero-order chi connectivity index (χ0) is 16.9. The van der Waals surface area contributed by atoms with Gasteiger partial charge in [0, 0.05) is 11.5 Å². The van der Waals surface area contributed by atoms with Crippen molar-refractivity contribution in [3.05, 3.63) is 35.4 Å². The second-order valence-corrected chi connectivity index (χ2v) is 7.39. The lowest BCUT2D eigenvalue weighted by Crippen LogP contribution is -2.36. The van der Waals surface area contributed by atoms with Crippen molar-refractivity contribution in [2.24, 2.45) is 0 Å². The predicted molar refractivity (Wildman–Crippen MR) is 83.4 cm³/mol. The maximum atomic E-state index is 11.9. The highest BCUT2D eigenvalue weighted by atomic mass is 32.2. The Kier molecular flexibility index (Phi) is 6.23. The summed E-state index contributed by atoms with van der Waals surface area (Å²) in [6.45, 7) is -2.19. The van der Waals surface area contributed by atoms with Crippen LogP contribution in [0.25, 0.3) is 0 Å². The molecule has 0 bridgehead atoms. The van der Waals surface area contributed by atoms with Crippen LogP contribution in [-0.2, 0) is 9.53 Å². The summed E-state index contributed by atoms with van der Waals surface area (Å²) in [5, 5.41) is 1.63. The summed E-state index contributed by atoms with van der Waals surface area (Å²) in [6, 6.07) is 6.81. The zero-order valence-electron chi connectivity index (χ0n) is 11.9. The summed E-state index contributed by atoms with van der Waals surface area (Å²) in [6.07, 6.45) is -4.49. The van der Waals surface area contributed by atoms with Gasteiger partial charge in [-0.2, -0.15) is 13.2 Å². The lowest BCUT2D eigenvalue weighted by Gasteiger charge is -2.10. The molecule has 4 nitrogen and oxygen atoms in total. The van der Waals surface area contributed by atoms with E-state index in [2.05, 4.69) is 0 Å². The average Bonchev–Trinajstić information content (AvgIpc) is 3.04. The monoisotopic (exact) mass is 365 g/mol. The number of esters is 1. The fourth-order valence-corrected chi connectivity index (χ4v) is 4.65. The fourth-order valence-electron chi connectivity index (χ4n) is 1.79. The first-order chi connectivity index (χ1) is 10.8. The second-order valence-electron chi connectivity index (χ2n) is 4.66. The van der Waals surface area contributed by atoms with E-state index in [4.69, 9.17) is 4.74 Å². The number of amides is 1. The van der Waals surface area contributed by atoms with E-state index in [1.54, 1.807) is 17.4 Å². The molecule has 126 valence electrons. The van der Waals surface area contributed by atoms with E-state index in [1.807, 2.05) is 35.7 Å². The minimum absolute atomic E-state index is 0.255. The van der Waals surface area contributed by atoms with Gasteiger partial charge >= 0.3 is 12.1 Å². The molecule has 23 heavy (non-hydrogen) atoms. The Morgan fingerprint density at radius 2 is 1.78 bits per heavy atom. The predicted octanol–water partition coefficient (Wildman–Crippen LogP) is 3.00. The molecule has 1 aromatic rings. The van der Waals surface area contributed by atoms with Crippen molar-refractivity contribution < 1.29 is 27.5 Å². The van der Waals surface area contributed by atoms with Gasteiger partial charge in [-0.3, -0.25) is 4.79 Å². The quantitative estimate of drug-likeness (QED) is 0.813. The molecule has 1 aliphatic rings. The van der Waals surface area contributed by atoms with Crippen LogP contribution in [0.4, 0.5) is 13.2 Å². The number of thioether (sulfide) groups is 2. The summed E-state index contributed by atoms with van der Waals surface area (Å²) < 4.78 is 40.8. The van der Waals surface area contributed by atoms with Crippen LogP contribution in [0.15, 0.2) is 24.3 Å². The third kappa shape index (κ3) is 5.98. The summed E-state index contributed by atoms with van der Waals surface area (Å²) in [5.41, 5.74) is 1.35. The van der Waals surface area contributed by atoms with Crippen LogP contribution in [0, 0.1) is 0 Å². The number of nitrogens with one attached hydrogen (secondary N) is 1. The molecule has 9 heteroatoms. The Morgan fingerprint density at radius 1 is 1.17 bits per heavy atom. The SMILES string of the molecule is O=C(COC(=O)c1ccc(C2SCCS2)cc1)NCC(F)(F)F. The van der Waals surface area contributed by atoms with Crippen LogP contribution >= 0.6 is 23.5 Å². The molecule has 1 N–H and O–H groups in total. The Morgan fingerprint density at radius 3 is 2.35 bits per heavy atom. The van der Waals surface area contributed by atoms with Gasteiger partial charge in [-0.25, -0.2) is 4.79 Å². The first kappa shape index (κ1) is 18.0. The van der Waals surface area contributed by atoms with Gasteiger partial charge in [0.25, 0.3) is 5.91 Å². The van der Waals surface area contributed by atoms with E-state index in [1.165, 1.54) is 0 Å². The molecular weight excluding hydrogens is 351 g/mol. The first-order valence-electron chi connectivity index (χ1n) is 6.69. The molecule has 0 aromatic heterocycles. The molecular formula is C14H14F3NO3S2. The number of carbonyl (C=O) groups is 2. The van der Waals surface area contributed by atoms with Gasteiger partial charge < -0.3 is 10.1 Å². The van der Waals surface area contributed by atoms with Crippen LogP contribution < -0.4 is 5.32 Å². The average molecular weight is 365 g/mol. The van der Waals surface area contributed by atoms with Gasteiger partial charge in [-0.15, -0.1) is 23.5 Å². The molecule has 0 radical (unpaired) electrons. The van der Waals surface area contributed by atoms with Crippen molar-refractivity contribution in [1.82, 2.24) is 5.32 Å². The Labute approximate surface area is 139 Å². The second kappa shape index (κ2) is 7.96. The number of carbonyl (C=O) groups excluding carboxylic acids is 2. The van der Waals surface area contributed by atoms with E-state index >= 15 is 0 Å². The molecule has 0 atom stereocenters. The number of alkyl halides is 3. The Balaban J connectivity index is 1.80. The molecule has 1 saturated heterocycles. The Hall–Kier alpha value is -1.35. The van der Waals surface area contributed by atoms with Crippen LogP contribution in [0.1, 0.15) is 20.5 Å². The van der Waals surface area contributed by atoms with Crippen molar-refractivity contribution in [2.75, 3.05) is 24.7 Å². The van der Waals surface area contributed by atoms with Crippen LogP contribution in [-0.4, -0.2) is 42.7 Å². The standard InChI is InChI=1S/C14H14F3NO3S2/c15-14(16,17)8-18-11(19)7-21-12(20)9-1-3-10(4-2-9)13-22-5-6-23-13/h1-4,13H,5-8H2,(H,18,19). The number of rotatable bonds is 5. The molecule has 1 aliphatic heterocycles. The minimum Gasteiger partial charge on any atom is -0.452 e. The van der Waals surface area contributed by atoms with Gasteiger partial charge in [0.2, 0.25) is 0 Å². The molecule has 1 heterocycles. The number of ether oxygens (including phenoxy) is 1. The third-order valence-electron chi connectivity index (χ3n) is 2.86. The number of hydrogen-bond acceptors (Lipinski definition) is 5.